The Morgan fingerprint density at radius 3 is 2.33 bits per heavy atom. The number of aromatic nitrogens is 1. The topological polar surface area (TPSA) is 55.1 Å². The Morgan fingerprint density at radius 1 is 0.958 bits per heavy atom. The fourth-order valence-electron chi connectivity index (χ4n) is 1.96. The molecule has 0 aliphatic heterocycles. The number of hydrogen-bond donors (Lipinski definition) is 1. The van der Waals surface area contributed by atoms with Crippen molar-refractivity contribution in [3.63, 3.8) is 0 Å². The standard InChI is InChI=1S/C16H8Cl4N2O2/c17-9-4-10(18)6-11(5-9)21-15(23)14-7-24-16(22-14)8-1-2-12(19)13(20)3-8/h1-7H,(H,21,23). The number of hydrogen-bond acceptors (Lipinski definition) is 3. The molecule has 0 fully saturated rings. The van der Waals surface area contributed by atoms with Gasteiger partial charge in [0, 0.05) is 21.3 Å². The molecule has 0 saturated carbocycles. The molecule has 1 N–H and O–H groups in total. The van der Waals surface area contributed by atoms with E-state index in [1.54, 1.807) is 36.4 Å². The van der Waals surface area contributed by atoms with Gasteiger partial charge in [-0.3, -0.25) is 4.79 Å². The van der Waals surface area contributed by atoms with Gasteiger partial charge in [0.05, 0.1) is 10.0 Å². The van der Waals surface area contributed by atoms with Crippen LogP contribution in [0.1, 0.15) is 10.5 Å². The van der Waals surface area contributed by atoms with Gasteiger partial charge in [-0.15, -0.1) is 0 Å². The van der Waals surface area contributed by atoms with Crippen LogP contribution in [0.4, 0.5) is 5.69 Å². The van der Waals surface area contributed by atoms with Gasteiger partial charge in [-0.25, -0.2) is 4.98 Å². The van der Waals surface area contributed by atoms with Crippen LogP contribution in [0.2, 0.25) is 20.1 Å². The highest BCUT2D eigenvalue weighted by atomic mass is 35.5. The second-order valence-electron chi connectivity index (χ2n) is 4.78. The summed E-state index contributed by atoms with van der Waals surface area (Å²) in [4.78, 5) is 16.4. The molecule has 4 nitrogen and oxygen atoms in total. The molecule has 0 aliphatic carbocycles. The van der Waals surface area contributed by atoms with Gasteiger partial charge in [-0.1, -0.05) is 46.4 Å². The highest BCUT2D eigenvalue weighted by molar-refractivity contribution is 6.42. The van der Waals surface area contributed by atoms with Crippen molar-refractivity contribution in [3.8, 4) is 11.5 Å². The van der Waals surface area contributed by atoms with Crippen molar-refractivity contribution in [3.05, 3.63) is 68.4 Å². The Kier molecular flexibility index (Phi) is 5.01. The number of carbonyl (C=O) groups is 1. The van der Waals surface area contributed by atoms with E-state index in [1.165, 1.54) is 6.26 Å². The molecule has 1 heterocycles. The molecule has 0 aliphatic rings. The smallest absolute Gasteiger partial charge is 0.277 e. The Balaban J connectivity index is 1.81. The van der Waals surface area contributed by atoms with Crippen LogP contribution >= 0.6 is 46.4 Å². The minimum atomic E-state index is -0.455. The summed E-state index contributed by atoms with van der Waals surface area (Å²) in [5.74, 6) is -0.203. The molecule has 0 bridgehead atoms. The first-order chi connectivity index (χ1) is 11.4. The van der Waals surface area contributed by atoms with Crippen molar-refractivity contribution < 1.29 is 9.21 Å². The molecule has 0 saturated heterocycles. The number of oxazole rings is 1. The van der Waals surface area contributed by atoms with E-state index in [0.29, 0.717) is 31.3 Å². The molecule has 3 rings (SSSR count). The van der Waals surface area contributed by atoms with Crippen LogP contribution in [0, 0.1) is 0 Å². The monoisotopic (exact) mass is 400 g/mol. The maximum atomic E-state index is 12.2. The molecular formula is C16H8Cl4N2O2. The Morgan fingerprint density at radius 2 is 1.67 bits per heavy atom. The number of nitrogens with zero attached hydrogens (tertiary/aromatic N) is 1. The summed E-state index contributed by atoms with van der Waals surface area (Å²) >= 11 is 23.6. The van der Waals surface area contributed by atoms with Crippen molar-refractivity contribution in [2.45, 2.75) is 0 Å². The second kappa shape index (κ2) is 7.03. The van der Waals surface area contributed by atoms with E-state index in [2.05, 4.69) is 10.3 Å². The minimum absolute atomic E-state index is 0.104. The summed E-state index contributed by atoms with van der Waals surface area (Å²) in [6.07, 6.45) is 1.25. The number of carbonyl (C=O) groups excluding carboxylic acids is 1. The zero-order valence-electron chi connectivity index (χ0n) is 11.8. The van der Waals surface area contributed by atoms with Gasteiger partial charge in [0.15, 0.2) is 5.69 Å². The molecule has 8 heteroatoms. The van der Waals surface area contributed by atoms with Gasteiger partial charge >= 0.3 is 0 Å². The third-order valence-electron chi connectivity index (χ3n) is 3.02. The number of amides is 1. The SMILES string of the molecule is O=C(Nc1cc(Cl)cc(Cl)c1)c1coc(-c2ccc(Cl)c(Cl)c2)n1. The fourth-order valence-corrected chi connectivity index (χ4v) is 2.79. The van der Waals surface area contributed by atoms with Crippen LogP contribution in [0.15, 0.2) is 47.1 Å². The number of halogens is 4. The zero-order valence-corrected chi connectivity index (χ0v) is 14.8. The summed E-state index contributed by atoms with van der Waals surface area (Å²) in [5, 5.41) is 4.26. The van der Waals surface area contributed by atoms with Gasteiger partial charge in [-0.2, -0.15) is 0 Å². The highest BCUT2D eigenvalue weighted by Crippen LogP contribution is 2.28. The lowest BCUT2D eigenvalue weighted by molar-refractivity contribution is 0.102. The molecule has 0 unspecified atom stereocenters. The molecule has 1 aromatic heterocycles. The number of anilines is 1. The van der Waals surface area contributed by atoms with E-state index >= 15 is 0 Å². The first kappa shape index (κ1) is 17.1. The molecule has 0 radical (unpaired) electrons. The predicted octanol–water partition coefficient (Wildman–Crippen LogP) is 6.21. The van der Waals surface area contributed by atoms with Crippen LogP contribution in [-0.4, -0.2) is 10.9 Å². The normalized spacial score (nSPS) is 10.7. The lowest BCUT2D eigenvalue weighted by Gasteiger charge is -2.04. The number of rotatable bonds is 3. The van der Waals surface area contributed by atoms with Crippen molar-refractivity contribution in [1.29, 1.82) is 0 Å². The van der Waals surface area contributed by atoms with Crippen molar-refractivity contribution >= 4 is 58.0 Å². The maximum absolute atomic E-state index is 12.2. The van der Waals surface area contributed by atoms with Crippen LogP contribution in [0.3, 0.4) is 0 Å². The maximum Gasteiger partial charge on any atom is 0.277 e. The van der Waals surface area contributed by atoms with Crippen LogP contribution in [0.5, 0.6) is 0 Å². The lowest BCUT2D eigenvalue weighted by atomic mass is 10.2. The van der Waals surface area contributed by atoms with E-state index in [4.69, 9.17) is 50.8 Å². The van der Waals surface area contributed by atoms with Gasteiger partial charge in [0.25, 0.3) is 5.91 Å². The first-order valence-corrected chi connectivity index (χ1v) is 8.12. The average molecular weight is 402 g/mol. The molecule has 24 heavy (non-hydrogen) atoms. The van der Waals surface area contributed by atoms with Crippen LogP contribution < -0.4 is 5.32 Å². The summed E-state index contributed by atoms with van der Waals surface area (Å²) in [7, 11) is 0. The fraction of sp³-hybridized carbons (Fsp3) is 0. The summed E-state index contributed by atoms with van der Waals surface area (Å²) in [6, 6.07) is 9.64. The molecule has 3 aromatic rings. The quantitative estimate of drug-likeness (QED) is 0.567. The van der Waals surface area contributed by atoms with E-state index in [9.17, 15) is 4.79 Å². The van der Waals surface area contributed by atoms with E-state index in [-0.39, 0.29) is 11.6 Å². The molecule has 0 spiro atoms. The minimum Gasteiger partial charge on any atom is -0.444 e. The average Bonchev–Trinajstić information content (AvgIpc) is 2.99. The first-order valence-electron chi connectivity index (χ1n) is 6.61. The molecule has 2 aromatic carbocycles. The zero-order chi connectivity index (χ0) is 17.3. The van der Waals surface area contributed by atoms with Gasteiger partial charge in [-0.05, 0) is 36.4 Å². The third-order valence-corrected chi connectivity index (χ3v) is 4.20. The molecular weight excluding hydrogens is 394 g/mol. The number of benzene rings is 2. The Bertz CT molecular complexity index is 904. The highest BCUT2D eigenvalue weighted by Gasteiger charge is 2.15. The van der Waals surface area contributed by atoms with Crippen molar-refractivity contribution in [2.75, 3.05) is 5.32 Å². The second-order valence-corrected chi connectivity index (χ2v) is 6.47. The van der Waals surface area contributed by atoms with Gasteiger partial charge < -0.3 is 9.73 Å². The number of nitrogens with one attached hydrogen (secondary N) is 1. The van der Waals surface area contributed by atoms with Crippen molar-refractivity contribution in [2.24, 2.45) is 0 Å². The van der Waals surface area contributed by atoms with Crippen molar-refractivity contribution in [1.82, 2.24) is 4.98 Å². The summed E-state index contributed by atoms with van der Waals surface area (Å²) in [6.45, 7) is 0. The van der Waals surface area contributed by atoms with E-state index < -0.39 is 5.91 Å². The molecule has 1 amide bonds. The van der Waals surface area contributed by atoms with E-state index in [1.807, 2.05) is 0 Å². The van der Waals surface area contributed by atoms with Crippen LogP contribution in [0.25, 0.3) is 11.5 Å². The summed E-state index contributed by atoms with van der Waals surface area (Å²) in [5.41, 5.74) is 1.16. The summed E-state index contributed by atoms with van der Waals surface area (Å²) < 4.78 is 5.33. The third kappa shape index (κ3) is 3.84. The molecule has 122 valence electrons. The van der Waals surface area contributed by atoms with Crippen LogP contribution in [-0.2, 0) is 0 Å². The van der Waals surface area contributed by atoms with Gasteiger partial charge in [0.1, 0.15) is 6.26 Å². The largest absolute Gasteiger partial charge is 0.444 e. The lowest BCUT2D eigenvalue weighted by Crippen LogP contribution is -2.12. The Labute approximate surface area is 157 Å². The molecule has 0 atom stereocenters. The predicted molar refractivity (Wildman–Crippen MR) is 96.4 cm³/mol. The Hall–Kier alpha value is -1.72. The van der Waals surface area contributed by atoms with Gasteiger partial charge in [0.2, 0.25) is 5.89 Å². The van der Waals surface area contributed by atoms with E-state index in [0.717, 1.165) is 0 Å².